The maximum absolute atomic E-state index is 13.1. The number of rotatable bonds is 2. The van der Waals surface area contributed by atoms with Crippen molar-refractivity contribution < 1.29 is 34.3 Å². The van der Waals surface area contributed by atoms with Crippen LogP contribution in [-0.4, -0.2) is 39.2 Å². The zero-order chi connectivity index (χ0) is 21.1. The second-order valence-electron chi connectivity index (χ2n) is 7.52. The Morgan fingerprint density at radius 2 is 1.86 bits per heavy atom. The van der Waals surface area contributed by atoms with Crippen LogP contribution in [0.4, 0.5) is 0 Å². The lowest BCUT2D eigenvalue weighted by Gasteiger charge is -2.38. The molecule has 1 aromatic heterocycles. The van der Waals surface area contributed by atoms with Crippen LogP contribution in [-0.2, 0) is 6.42 Å². The molecule has 4 N–H and O–H groups in total. The van der Waals surface area contributed by atoms with E-state index in [0.29, 0.717) is 5.56 Å². The summed E-state index contributed by atoms with van der Waals surface area (Å²) in [4.78, 5) is 13.1. The molecule has 2 heterocycles. The monoisotopic (exact) mass is 400 g/mol. The molecule has 0 saturated heterocycles. The average molecular weight is 400 g/mol. The van der Waals surface area contributed by atoms with Crippen LogP contribution in [0.15, 0.2) is 33.7 Å². The van der Waals surface area contributed by atoms with Crippen molar-refractivity contribution in [3.05, 3.63) is 40.2 Å². The standard InChI is InChI=1S/C21H20O8/c1-21(2)16(24)7-11-18(25)15(27-3)6-10(20(11)29-21)12-8-28-14-5-9(22)4-13(23)17(14)19(12)26/h4-6,8,16,22-25H,7H2,1-3H3. The van der Waals surface area contributed by atoms with Crippen molar-refractivity contribution in [2.75, 3.05) is 7.11 Å². The Labute approximate surface area is 165 Å². The van der Waals surface area contributed by atoms with Gasteiger partial charge < -0.3 is 34.3 Å². The summed E-state index contributed by atoms with van der Waals surface area (Å²) in [5.41, 5.74) is -0.828. The first-order valence-corrected chi connectivity index (χ1v) is 8.91. The molecule has 1 aliphatic heterocycles. The van der Waals surface area contributed by atoms with E-state index in [1.54, 1.807) is 13.8 Å². The third-order valence-electron chi connectivity index (χ3n) is 5.23. The van der Waals surface area contributed by atoms with Gasteiger partial charge in [-0.15, -0.1) is 0 Å². The number of aliphatic hydroxyl groups excluding tert-OH is 1. The summed E-state index contributed by atoms with van der Waals surface area (Å²) in [5.74, 6) is -0.522. The molecule has 0 fully saturated rings. The highest BCUT2D eigenvalue weighted by molar-refractivity contribution is 5.89. The average Bonchev–Trinajstić information content (AvgIpc) is 2.64. The van der Waals surface area contributed by atoms with Gasteiger partial charge in [-0.25, -0.2) is 0 Å². The number of ether oxygens (including phenoxy) is 2. The number of hydrogen-bond donors (Lipinski definition) is 4. The Bertz CT molecular complexity index is 1190. The van der Waals surface area contributed by atoms with E-state index >= 15 is 0 Å². The van der Waals surface area contributed by atoms with Gasteiger partial charge in [0.25, 0.3) is 0 Å². The van der Waals surface area contributed by atoms with E-state index < -0.39 is 22.9 Å². The minimum Gasteiger partial charge on any atom is -0.508 e. The van der Waals surface area contributed by atoms with Crippen LogP contribution in [0.1, 0.15) is 19.4 Å². The molecule has 0 aliphatic carbocycles. The molecule has 3 aromatic rings. The molecule has 2 aromatic carbocycles. The van der Waals surface area contributed by atoms with E-state index in [0.717, 1.165) is 6.07 Å². The van der Waals surface area contributed by atoms with Gasteiger partial charge in [-0.1, -0.05) is 0 Å². The van der Waals surface area contributed by atoms with E-state index in [-0.39, 0.29) is 51.5 Å². The summed E-state index contributed by atoms with van der Waals surface area (Å²) in [5, 5.41) is 40.6. The van der Waals surface area contributed by atoms with Gasteiger partial charge in [-0.2, -0.15) is 0 Å². The molecule has 0 saturated carbocycles. The van der Waals surface area contributed by atoms with Crippen LogP contribution in [0.25, 0.3) is 22.1 Å². The molecular formula is C21H20O8. The first kappa shape index (κ1) is 18.9. The quantitative estimate of drug-likeness (QED) is 0.517. The summed E-state index contributed by atoms with van der Waals surface area (Å²) in [7, 11) is 1.37. The number of aliphatic hydroxyl groups is 1. The van der Waals surface area contributed by atoms with Gasteiger partial charge in [0.15, 0.2) is 11.5 Å². The lowest BCUT2D eigenvalue weighted by atomic mass is 9.88. The van der Waals surface area contributed by atoms with Crippen LogP contribution in [0.3, 0.4) is 0 Å². The fourth-order valence-corrected chi connectivity index (χ4v) is 3.52. The predicted molar refractivity (Wildman–Crippen MR) is 104 cm³/mol. The molecule has 0 bridgehead atoms. The molecule has 8 heteroatoms. The van der Waals surface area contributed by atoms with Crippen LogP contribution < -0.4 is 14.9 Å². The second kappa shape index (κ2) is 6.31. The Morgan fingerprint density at radius 1 is 1.14 bits per heavy atom. The summed E-state index contributed by atoms with van der Waals surface area (Å²) >= 11 is 0. The molecule has 0 spiro atoms. The Kier molecular flexibility index (Phi) is 4.13. The summed E-state index contributed by atoms with van der Waals surface area (Å²) in [6, 6.07) is 3.71. The van der Waals surface area contributed by atoms with Crippen molar-refractivity contribution in [3.8, 4) is 39.9 Å². The Morgan fingerprint density at radius 3 is 2.55 bits per heavy atom. The SMILES string of the molecule is COc1cc(-c2coc3cc(O)cc(O)c3c2=O)c2c(c1O)CC(O)C(C)(C)O2. The predicted octanol–water partition coefficient (Wildman–Crippen LogP) is 2.66. The van der Waals surface area contributed by atoms with E-state index in [2.05, 4.69) is 0 Å². The van der Waals surface area contributed by atoms with Gasteiger partial charge in [-0.05, 0) is 19.9 Å². The normalized spacial score (nSPS) is 17.6. The van der Waals surface area contributed by atoms with Crippen molar-refractivity contribution in [1.29, 1.82) is 0 Å². The molecule has 29 heavy (non-hydrogen) atoms. The second-order valence-corrected chi connectivity index (χ2v) is 7.52. The molecule has 0 radical (unpaired) electrons. The van der Waals surface area contributed by atoms with Gasteiger partial charge in [0, 0.05) is 29.7 Å². The highest BCUT2D eigenvalue weighted by Gasteiger charge is 2.39. The summed E-state index contributed by atoms with van der Waals surface area (Å²) < 4.78 is 16.7. The van der Waals surface area contributed by atoms with E-state index in [1.807, 2.05) is 0 Å². The minimum atomic E-state index is -0.965. The van der Waals surface area contributed by atoms with Crippen molar-refractivity contribution in [1.82, 2.24) is 0 Å². The van der Waals surface area contributed by atoms with Gasteiger partial charge in [-0.3, -0.25) is 4.79 Å². The van der Waals surface area contributed by atoms with Gasteiger partial charge >= 0.3 is 0 Å². The number of hydrogen-bond acceptors (Lipinski definition) is 8. The lowest BCUT2D eigenvalue weighted by Crippen LogP contribution is -2.46. The lowest BCUT2D eigenvalue weighted by molar-refractivity contribution is -0.0413. The highest BCUT2D eigenvalue weighted by Crippen LogP contribution is 2.48. The third-order valence-corrected chi connectivity index (χ3v) is 5.23. The van der Waals surface area contributed by atoms with E-state index in [4.69, 9.17) is 13.9 Å². The fourth-order valence-electron chi connectivity index (χ4n) is 3.52. The van der Waals surface area contributed by atoms with Gasteiger partial charge in [0.2, 0.25) is 5.43 Å². The molecule has 0 amide bonds. The van der Waals surface area contributed by atoms with Crippen LogP contribution in [0.2, 0.25) is 0 Å². The minimum absolute atomic E-state index is 0.0209. The molecule has 1 unspecified atom stereocenters. The first-order chi connectivity index (χ1) is 13.6. The molecule has 8 nitrogen and oxygen atoms in total. The van der Waals surface area contributed by atoms with Gasteiger partial charge in [0.1, 0.15) is 40.1 Å². The molecule has 4 rings (SSSR count). The third kappa shape index (κ3) is 2.84. The van der Waals surface area contributed by atoms with Gasteiger partial charge in [0.05, 0.1) is 18.8 Å². The largest absolute Gasteiger partial charge is 0.508 e. The molecule has 1 atom stereocenters. The number of aromatic hydroxyl groups is 3. The van der Waals surface area contributed by atoms with E-state index in [9.17, 15) is 25.2 Å². The topological polar surface area (TPSA) is 130 Å². The van der Waals surface area contributed by atoms with Crippen molar-refractivity contribution >= 4 is 11.0 Å². The number of benzene rings is 2. The first-order valence-electron chi connectivity index (χ1n) is 8.91. The van der Waals surface area contributed by atoms with Crippen LogP contribution in [0, 0.1) is 0 Å². The van der Waals surface area contributed by atoms with E-state index in [1.165, 1.54) is 25.5 Å². The zero-order valence-electron chi connectivity index (χ0n) is 16.0. The maximum atomic E-state index is 13.1. The Hall–Kier alpha value is -3.39. The zero-order valence-corrected chi connectivity index (χ0v) is 16.0. The number of phenols is 3. The molecular weight excluding hydrogens is 380 g/mol. The fraction of sp³-hybridized carbons (Fsp3) is 0.286. The summed E-state index contributed by atoms with van der Waals surface area (Å²) in [6.07, 6.45) is 0.397. The maximum Gasteiger partial charge on any atom is 0.204 e. The van der Waals surface area contributed by atoms with Crippen LogP contribution >= 0.6 is 0 Å². The smallest absolute Gasteiger partial charge is 0.204 e. The van der Waals surface area contributed by atoms with Crippen molar-refractivity contribution in [2.24, 2.45) is 0 Å². The van der Waals surface area contributed by atoms with Crippen molar-refractivity contribution in [2.45, 2.75) is 32.0 Å². The summed E-state index contributed by atoms with van der Waals surface area (Å²) in [6.45, 7) is 3.40. The van der Waals surface area contributed by atoms with Crippen LogP contribution in [0.5, 0.6) is 28.7 Å². The number of phenolic OH excluding ortho intramolecular Hbond substituents is 3. The highest BCUT2D eigenvalue weighted by atomic mass is 16.5. The number of methoxy groups -OCH3 is 1. The Balaban J connectivity index is 2.05. The molecule has 152 valence electrons. The number of fused-ring (bicyclic) bond motifs is 2. The molecule has 1 aliphatic rings. The van der Waals surface area contributed by atoms with Crippen molar-refractivity contribution in [3.63, 3.8) is 0 Å².